The number of aliphatic carboxylic acids is 1. The van der Waals surface area contributed by atoms with Gasteiger partial charge in [-0.2, -0.15) is 0 Å². The molecule has 0 aromatic carbocycles. The van der Waals surface area contributed by atoms with E-state index in [2.05, 4.69) is 10.6 Å². The van der Waals surface area contributed by atoms with Crippen LogP contribution in [0.25, 0.3) is 0 Å². The Labute approximate surface area is 179 Å². The van der Waals surface area contributed by atoms with Crippen LogP contribution < -0.4 is 10.6 Å². The Morgan fingerprint density at radius 3 is 1.85 bits per heavy atom. The number of nitrogens with one attached hydrogen (secondary N) is 2. The van der Waals surface area contributed by atoms with E-state index < -0.39 is 24.0 Å². The molecule has 1 aliphatic rings. The van der Waals surface area contributed by atoms with Gasteiger partial charge in [-0.3, -0.25) is 9.59 Å². The number of rotatable bonds is 9. The molecule has 0 bridgehead atoms. The molecule has 26 heavy (non-hydrogen) atoms. The normalized spacial score (nSPS) is 17.3. The molecule has 0 heterocycles. The molecular weight excluding hydrogens is 343 g/mol. The van der Waals surface area contributed by atoms with Crippen LogP contribution in [0.3, 0.4) is 0 Å². The van der Waals surface area contributed by atoms with Crippen molar-refractivity contribution < 1.29 is 19.5 Å². The van der Waals surface area contributed by atoms with E-state index in [-0.39, 0.29) is 53.2 Å². The van der Waals surface area contributed by atoms with Gasteiger partial charge in [-0.05, 0) is 37.5 Å². The smallest absolute Gasteiger partial charge is 0.326 e. The number of amides is 2. The van der Waals surface area contributed by atoms with Gasteiger partial charge in [-0.15, -0.1) is 0 Å². The van der Waals surface area contributed by atoms with Gasteiger partial charge in [0.15, 0.2) is 0 Å². The summed E-state index contributed by atoms with van der Waals surface area (Å²) in [6.07, 6.45) is 5.86. The number of hydrogen-bond donors (Lipinski definition) is 3. The minimum absolute atomic E-state index is 0. The van der Waals surface area contributed by atoms with Gasteiger partial charge in [0.1, 0.15) is 12.1 Å². The summed E-state index contributed by atoms with van der Waals surface area (Å²) in [5, 5.41) is 14.8. The Morgan fingerprint density at radius 1 is 0.885 bits per heavy atom. The first-order valence-corrected chi connectivity index (χ1v) is 9.54. The average molecular weight is 377 g/mol. The number of carboxylic acids is 1. The van der Waals surface area contributed by atoms with Crippen LogP contribution in [0.4, 0.5) is 0 Å². The first kappa shape index (κ1) is 25.4. The zero-order valence-corrected chi connectivity index (χ0v) is 19.0. The second-order valence-electron chi connectivity index (χ2n) is 8.05. The summed E-state index contributed by atoms with van der Waals surface area (Å²) in [4.78, 5) is 36.5. The maximum Gasteiger partial charge on any atom is 0.326 e. The van der Waals surface area contributed by atoms with E-state index in [0.29, 0.717) is 12.8 Å². The van der Waals surface area contributed by atoms with E-state index in [1.165, 1.54) is 0 Å². The van der Waals surface area contributed by atoms with Crippen LogP contribution in [0.5, 0.6) is 0 Å². The zero-order chi connectivity index (χ0) is 19.0. The van der Waals surface area contributed by atoms with Crippen molar-refractivity contribution in [3.63, 3.8) is 0 Å². The van der Waals surface area contributed by atoms with Gasteiger partial charge in [0.2, 0.25) is 11.8 Å². The van der Waals surface area contributed by atoms with Gasteiger partial charge in [0, 0.05) is 35.5 Å². The van der Waals surface area contributed by atoms with Crippen LogP contribution in [-0.4, -0.2) is 64.5 Å². The fraction of sp³-hybridized carbons (Fsp3) is 0.842. The van der Waals surface area contributed by atoms with Crippen molar-refractivity contribution in [1.82, 2.24) is 10.6 Å². The molecule has 3 N–H and O–H groups in total. The van der Waals surface area contributed by atoms with Crippen molar-refractivity contribution in [1.29, 1.82) is 0 Å². The molecule has 145 valence electrons. The van der Waals surface area contributed by atoms with Crippen LogP contribution in [0.15, 0.2) is 0 Å². The van der Waals surface area contributed by atoms with Gasteiger partial charge in [0.05, 0.1) is 0 Å². The van der Waals surface area contributed by atoms with E-state index >= 15 is 0 Å². The minimum Gasteiger partial charge on any atom is -0.480 e. The summed E-state index contributed by atoms with van der Waals surface area (Å²) in [6, 6.07) is -1.60. The van der Waals surface area contributed by atoms with Crippen LogP contribution >= 0.6 is 0 Å². The van der Waals surface area contributed by atoms with Crippen LogP contribution in [0, 0.1) is 17.8 Å². The summed E-state index contributed by atoms with van der Waals surface area (Å²) < 4.78 is 0. The third kappa shape index (κ3) is 9.38. The predicted molar refractivity (Wildman–Crippen MR) is 103 cm³/mol. The number of carbonyl (C=O) groups is 3. The summed E-state index contributed by atoms with van der Waals surface area (Å²) in [5.74, 6) is -1.16. The van der Waals surface area contributed by atoms with Crippen molar-refractivity contribution in [2.24, 2.45) is 17.8 Å². The standard InChI is InChI=1S/C19H34N2O4.Na/c1-12(2)10-15(20-17(22)14-8-6-5-7-9-14)18(23)21-16(19(24)25)11-13(3)4;/h12-16H,5-11H2,1-4H3,(H,20,22)(H,21,23)(H,24,25);/t15-,16-;/m0./s1. The molecule has 0 saturated heterocycles. The molecule has 1 rings (SSSR count). The Morgan fingerprint density at radius 2 is 1.38 bits per heavy atom. The van der Waals surface area contributed by atoms with Crippen molar-refractivity contribution in [2.45, 2.75) is 84.7 Å². The molecule has 6 nitrogen and oxygen atoms in total. The van der Waals surface area contributed by atoms with E-state index in [0.717, 1.165) is 32.1 Å². The van der Waals surface area contributed by atoms with Crippen molar-refractivity contribution >= 4 is 47.3 Å². The molecule has 0 aromatic heterocycles. The van der Waals surface area contributed by atoms with Crippen LogP contribution in [-0.2, 0) is 14.4 Å². The number of carboxylic acid groups (broad SMARTS) is 1. The molecule has 0 unspecified atom stereocenters. The van der Waals surface area contributed by atoms with Gasteiger partial charge in [-0.1, -0.05) is 47.0 Å². The first-order valence-electron chi connectivity index (χ1n) is 9.54. The fourth-order valence-corrected chi connectivity index (χ4v) is 3.32. The average Bonchev–Trinajstić information content (AvgIpc) is 2.53. The summed E-state index contributed by atoms with van der Waals surface area (Å²) in [7, 11) is 0. The number of carbonyl (C=O) groups excluding carboxylic acids is 2. The largest absolute Gasteiger partial charge is 0.480 e. The maximum atomic E-state index is 12.6. The van der Waals surface area contributed by atoms with Crippen molar-refractivity contribution in [3.05, 3.63) is 0 Å². The van der Waals surface area contributed by atoms with Crippen LogP contribution in [0.1, 0.15) is 72.6 Å². The van der Waals surface area contributed by atoms with Gasteiger partial charge >= 0.3 is 5.97 Å². The third-order valence-electron chi connectivity index (χ3n) is 4.64. The van der Waals surface area contributed by atoms with Gasteiger partial charge < -0.3 is 15.7 Å². The van der Waals surface area contributed by atoms with E-state index in [4.69, 9.17) is 0 Å². The molecule has 0 aliphatic heterocycles. The van der Waals surface area contributed by atoms with Gasteiger partial charge in [-0.25, -0.2) is 4.79 Å². The van der Waals surface area contributed by atoms with Crippen molar-refractivity contribution in [2.75, 3.05) is 0 Å². The molecule has 1 fully saturated rings. The molecule has 1 saturated carbocycles. The van der Waals surface area contributed by atoms with E-state index in [9.17, 15) is 19.5 Å². The first-order chi connectivity index (χ1) is 11.7. The molecule has 0 aromatic rings. The summed E-state index contributed by atoms with van der Waals surface area (Å²) in [6.45, 7) is 7.79. The Kier molecular flexibility index (Phi) is 12.4. The fourth-order valence-electron chi connectivity index (χ4n) is 3.32. The molecular formula is C19H34N2NaO4. The van der Waals surface area contributed by atoms with E-state index in [1.807, 2.05) is 27.7 Å². The SMILES string of the molecule is CC(C)C[C@H](NC(=O)[C@H](CC(C)C)NC(=O)C1CCCCC1)C(=O)O.[Na]. The maximum absolute atomic E-state index is 12.6. The molecule has 2 atom stereocenters. The van der Waals surface area contributed by atoms with Gasteiger partial charge in [0.25, 0.3) is 0 Å². The second-order valence-corrected chi connectivity index (χ2v) is 8.05. The third-order valence-corrected chi connectivity index (χ3v) is 4.64. The Hall–Kier alpha value is -0.590. The zero-order valence-electron chi connectivity index (χ0n) is 17.0. The quantitative estimate of drug-likeness (QED) is 0.538. The predicted octanol–water partition coefficient (Wildman–Crippen LogP) is 2.33. The number of hydrogen-bond acceptors (Lipinski definition) is 3. The molecule has 7 heteroatoms. The molecule has 2 amide bonds. The van der Waals surface area contributed by atoms with Crippen LogP contribution in [0.2, 0.25) is 0 Å². The second kappa shape index (κ2) is 12.7. The Balaban J connectivity index is 0.00000625. The topological polar surface area (TPSA) is 95.5 Å². The summed E-state index contributed by atoms with van der Waals surface area (Å²) >= 11 is 0. The summed E-state index contributed by atoms with van der Waals surface area (Å²) in [5.41, 5.74) is 0. The molecule has 1 radical (unpaired) electrons. The molecule has 1 aliphatic carbocycles. The van der Waals surface area contributed by atoms with E-state index in [1.54, 1.807) is 0 Å². The Bertz CT molecular complexity index is 462. The monoisotopic (exact) mass is 377 g/mol. The minimum atomic E-state index is -1.04. The molecule has 0 spiro atoms. The van der Waals surface area contributed by atoms with Crippen molar-refractivity contribution in [3.8, 4) is 0 Å².